The van der Waals surface area contributed by atoms with E-state index < -0.39 is 0 Å². The molecule has 3 N–H and O–H groups in total. The number of nitrogens with one attached hydrogen (secondary N) is 1. The van der Waals surface area contributed by atoms with Crippen LogP contribution < -0.4 is 10.6 Å². The number of hydrogen-bond acceptors (Lipinski definition) is 3. The summed E-state index contributed by atoms with van der Waals surface area (Å²) >= 11 is 0. The number of piperazine rings is 1. The molecule has 1 aromatic carbocycles. The molecule has 0 bridgehead atoms. The summed E-state index contributed by atoms with van der Waals surface area (Å²) in [7, 11) is 2.20. The molecule has 0 spiro atoms. The summed E-state index contributed by atoms with van der Waals surface area (Å²) in [6.45, 7) is 5.48. The second kappa shape index (κ2) is 5.40. The van der Waals surface area contributed by atoms with Gasteiger partial charge < -0.3 is 10.6 Å². The average Bonchev–Trinajstić information content (AvgIpc) is 2.39. The van der Waals surface area contributed by atoms with Gasteiger partial charge in [-0.15, -0.1) is 0 Å². The van der Waals surface area contributed by atoms with E-state index in [2.05, 4.69) is 35.9 Å². The van der Waals surface area contributed by atoms with Crippen molar-refractivity contribution in [2.45, 2.75) is 19.4 Å². The second-order valence-corrected chi connectivity index (χ2v) is 4.95. The van der Waals surface area contributed by atoms with Crippen molar-refractivity contribution in [3.63, 3.8) is 0 Å². The Morgan fingerprint density at radius 3 is 2.56 bits per heavy atom. The van der Waals surface area contributed by atoms with Crippen LogP contribution in [0.4, 0.5) is 5.69 Å². The van der Waals surface area contributed by atoms with E-state index in [-0.39, 0.29) is 5.84 Å². The van der Waals surface area contributed by atoms with Gasteiger partial charge in [0.2, 0.25) is 0 Å². The molecule has 0 aliphatic carbocycles. The van der Waals surface area contributed by atoms with Crippen LogP contribution in [0, 0.1) is 5.41 Å². The monoisotopic (exact) mass is 246 g/mol. The molecule has 0 amide bonds. The highest BCUT2D eigenvalue weighted by Crippen LogP contribution is 2.20. The number of rotatable bonds is 3. The largest absolute Gasteiger partial charge is 0.384 e. The first-order valence-electron chi connectivity index (χ1n) is 6.51. The number of amidine groups is 1. The maximum absolute atomic E-state index is 7.40. The molecule has 1 aliphatic rings. The Kier molecular flexibility index (Phi) is 3.87. The third-order valence-electron chi connectivity index (χ3n) is 3.79. The summed E-state index contributed by atoms with van der Waals surface area (Å²) in [5.41, 5.74) is 7.49. The van der Waals surface area contributed by atoms with Gasteiger partial charge in [-0.2, -0.15) is 0 Å². The van der Waals surface area contributed by atoms with Gasteiger partial charge in [0.1, 0.15) is 5.84 Å². The number of anilines is 1. The van der Waals surface area contributed by atoms with Crippen LogP contribution in [0.3, 0.4) is 0 Å². The summed E-state index contributed by atoms with van der Waals surface area (Å²) in [4.78, 5) is 4.85. The van der Waals surface area contributed by atoms with Crippen LogP contribution in [0.1, 0.15) is 18.9 Å². The first-order valence-corrected chi connectivity index (χ1v) is 6.51. The van der Waals surface area contributed by atoms with E-state index in [4.69, 9.17) is 11.1 Å². The van der Waals surface area contributed by atoms with Gasteiger partial charge in [0.05, 0.1) is 0 Å². The topological polar surface area (TPSA) is 56.4 Å². The molecule has 1 saturated heterocycles. The number of nitrogen functional groups attached to an aromatic ring is 1. The van der Waals surface area contributed by atoms with Crippen LogP contribution in [-0.4, -0.2) is 43.5 Å². The van der Waals surface area contributed by atoms with Crippen LogP contribution in [-0.2, 0) is 0 Å². The average molecular weight is 246 g/mol. The number of hydrogen-bond donors (Lipinski definition) is 2. The Hall–Kier alpha value is -1.55. The first kappa shape index (κ1) is 12.9. The fraction of sp³-hybridized carbons (Fsp3) is 0.500. The first-order chi connectivity index (χ1) is 8.61. The molecular formula is C14H22N4. The summed E-state index contributed by atoms with van der Waals surface area (Å²) in [5.74, 6) is 0.131. The van der Waals surface area contributed by atoms with E-state index in [1.165, 1.54) is 12.1 Å². The number of nitrogens with zero attached hydrogens (tertiary/aromatic N) is 2. The Morgan fingerprint density at radius 2 is 2.00 bits per heavy atom. The van der Waals surface area contributed by atoms with Gasteiger partial charge in [-0.1, -0.05) is 6.92 Å². The third-order valence-corrected chi connectivity index (χ3v) is 3.79. The summed E-state index contributed by atoms with van der Waals surface area (Å²) in [5, 5.41) is 7.40. The summed E-state index contributed by atoms with van der Waals surface area (Å²) < 4.78 is 0. The minimum absolute atomic E-state index is 0.131. The second-order valence-electron chi connectivity index (χ2n) is 4.95. The SMILES string of the molecule is CCC1CN(c2ccc(C(=N)N)cc2)CCN1C. The minimum Gasteiger partial charge on any atom is -0.384 e. The van der Waals surface area contributed by atoms with Crippen LogP contribution in [0.5, 0.6) is 0 Å². The van der Waals surface area contributed by atoms with Crippen LogP contribution in [0.25, 0.3) is 0 Å². The molecule has 18 heavy (non-hydrogen) atoms. The van der Waals surface area contributed by atoms with E-state index in [0.717, 1.165) is 25.2 Å². The predicted molar refractivity (Wildman–Crippen MR) is 76.4 cm³/mol. The van der Waals surface area contributed by atoms with Crippen molar-refractivity contribution in [3.05, 3.63) is 29.8 Å². The lowest BCUT2D eigenvalue weighted by atomic mass is 10.1. The zero-order valence-electron chi connectivity index (χ0n) is 11.2. The lowest BCUT2D eigenvalue weighted by Gasteiger charge is -2.40. The van der Waals surface area contributed by atoms with Gasteiger partial charge in [-0.25, -0.2) is 0 Å². The molecule has 1 heterocycles. The molecule has 1 fully saturated rings. The molecule has 2 rings (SSSR count). The predicted octanol–water partition coefficient (Wildman–Crippen LogP) is 1.50. The summed E-state index contributed by atoms with van der Waals surface area (Å²) in [6.07, 6.45) is 1.18. The van der Waals surface area contributed by atoms with Crippen LogP contribution in [0.15, 0.2) is 24.3 Å². The fourth-order valence-corrected chi connectivity index (χ4v) is 2.47. The quantitative estimate of drug-likeness (QED) is 0.628. The molecule has 4 nitrogen and oxygen atoms in total. The standard InChI is InChI=1S/C14H22N4/c1-3-12-10-18(9-8-17(12)2)13-6-4-11(5-7-13)14(15)16/h4-7,12H,3,8-10H2,1-2H3,(H3,15,16). The smallest absolute Gasteiger partial charge is 0.122 e. The number of benzene rings is 1. The fourth-order valence-electron chi connectivity index (χ4n) is 2.47. The summed E-state index contributed by atoms with van der Waals surface area (Å²) in [6, 6.07) is 8.61. The van der Waals surface area contributed by atoms with Crippen molar-refractivity contribution < 1.29 is 0 Å². The van der Waals surface area contributed by atoms with E-state index in [9.17, 15) is 0 Å². The minimum atomic E-state index is 0.131. The van der Waals surface area contributed by atoms with Crippen molar-refractivity contribution in [3.8, 4) is 0 Å². The van der Waals surface area contributed by atoms with Gasteiger partial charge in [0, 0.05) is 36.9 Å². The molecule has 0 radical (unpaired) electrons. The van der Waals surface area contributed by atoms with Crippen molar-refractivity contribution in [1.82, 2.24) is 4.90 Å². The lowest BCUT2D eigenvalue weighted by molar-refractivity contribution is 0.213. The molecule has 98 valence electrons. The highest BCUT2D eigenvalue weighted by atomic mass is 15.3. The van der Waals surface area contributed by atoms with Crippen molar-refractivity contribution in [2.24, 2.45) is 5.73 Å². The zero-order chi connectivity index (χ0) is 13.1. The lowest BCUT2D eigenvalue weighted by Crippen LogP contribution is -2.51. The normalized spacial score (nSPS) is 21.0. The molecule has 1 unspecified atom stereocenters. The molecule has 0 saturated carbocycles. The Bertz CT molecular complexity index is 412. The maximum Gasteiger partial charge on any atom is 0.122 e. The maximum atomic E-state index is 7.40. The van der Waals surface area contributed by atoms with Gasteiger partial charge in [-0.3, -0.25) is 10.3 Å². The molecular weight excluding hydrogens is 224 g/mol. The van der Waals surface area contributed by atoms with E-state index in [1.807, 2.05) is 12.1 Å². The number of likely N-dealkylation sites (N-methyl/N-ethyl adjacent to an activating group) is 1. The third kappa shape index (κ3) is 2.64. The van der Waals surface area contributed by atoms with Gasteiger partial charge >= 0.3 is 0 Å². The Morgan fingerprint density at radius 1 is 1.33 bits per heavy atom. The van der Waals surface area contributed by atoms with Crippen LogP contribution in [0.2, 0.25) is 0 Å². The molecule has 1 aromatic rings. The van der Waals surface area contributed by atoms with Crippen molar-refractivity contribution >= 4 is 11.5 Å². The van der Waals surface area contributed by atoms with E-state index in [0.29, 0.717) is 6.04 Å². The highest BCUT2D eigenvalue weighted by Gasteiger charge is 2.22. The molecule has 1 aliphatic heterocycles. The van der Waals surface area contributed by atoms with E-state index in [1.54, 1.807) is 0 Å². The number of nitrogens with two attached hydrogens (primary N) is 1. The Balaban J connectivity index is 2.09. The molecule has 1 atom stereocenters. The highest BCUT2D eigenvalue weighted by molar-refractivity contribution is 5.95. The van der Waals surface area contributed by atoms with Gasteiger partial charge in [0.25, 0.3) is 0 Å². The molecule has 0 aromatic heterocycles. The van der Waals surface area contributed by atoms with Gasteiger partial charge in [-0.05, 0) is 37.7 Å². The van der Waals surface area contributed by atoms with Crippen molar-refractivity contribution in [1.29, 1.82) is 5.41 Å². The van der Waals surface area contributed by atoms with Crippen molar-refractivity contribution in [2.75, 3.05) is 31.6 Å². The Labute approximate surface area is 109 Å². The van der Waals surface area contributed by atoms with E-state index >= 15 is 0 Å². The molecule has 4 heteroatoms. The zero-order valence-corrected chi connectivity index (χ0v) is 11.2. The van der Waals surface area contributed by atoms with Gasteiger partial charge in [0.15, 0.2) is 0 Å². The van der Waals surface area contributed by atoms with Crippen LogP contribution >= 0.6 is 0 Å².